The van der Waals surface area contributed by atoms with Crippen LogP contribution in [0.3, 0.4) is 0 Å². The van der Waals surface area contributed by atoms with Crippen LogP contribution in [0.1, 0.15) is 25.0 Å². The number of rotatable bonds is 4. The molecule has 0 radical (unpaired) electrons. The van der Waals surface area contributed by atoms with E-state index in [1.165, 1.54) is 58.3 Å². The van der Waals surface area contributed by atoms with Gasteiger partial charge in [-0.15, -0.1) is 22.7 Å². The normalized spacial score (nSPS) is 13.3. The Morgan fingerprint density at radius 1 is 0.490 bits per heavy atom. The minimum Gasteiger partial charge on any atom is -0.245 e. The predicted octanol–water partition coefficient (Wildman–Crippen LogP) is 11.8. The van der Waals surface area contributed by atoms with Crippen molar-refractivity contribution in [3.63, 3.8) is 0 Å². The Bertz CT molecular complexity index is 2690. The van der Waals surface area contributed by atoms with E-state index in [1.807, 2.05) is 53.2 Å². The summed E-state index contributed by atoms with van der Waals surface area (Å²) in [7, 11) is 0. The van der Waals surface area contributed by atoms with E-state index >= 15 is 0 Å². The highest BCUT2D eigenvalue weighted by Crippen LogP contribution is 2.53. The maximum Gasteiger partial charge on any atom is 0.165 e. The summed E-state index contributed by atoms with van der Waals surface area (Å²) in [4.78, 5) is 19.7. The van der Waals surface area contributed by atoms with Crippen LogP contribution in [0.25, 0.3) is 86.8 Å². The molecule has 0 fully saturated rings. The molecule has 10 rings (SSSR count). The zero-order chi connectivity index (χ0) is 32.7. The maximum atomic E-state index is 5.07. The number of aromatic nitrogens is 4. The zero-order valence-electron chi connectivity index (χ0n) is 26.8. The molecule has 3 heterocycles. The molecule has 0 unspecified atom stereocenters. The van der Waals surface area contributed by atoms with Gasteiger partial charge in [0.05, 0.1) is 15.7 Å². The molecule has 4 nitrogen and oxygen atoms in total. The Morgan fingerprint density at radius 3 is 1.82 bits per heavy atom. The molecule has 0 saturated carbocycles. The third-order valence-electron chi connectivity index (χ3n) is 9.91. The number of nitrogens with zero attached hydrogens (tertiary/aromatic N) is 4. The first-order chi connectivity index (χ1) is 24.0. The van der Waals surface area contributed by atoms with Gasteiger partial charge >= 0.3 is 0 Å². The van der Waals surface area contributed by atoms with E-state index < -0.39 is 0 Å². The summed E-state index contributed by atoms with van der Waals surface area (Å²) in [6, 6.07) is 45.0. The van der Waals surface area contributed by atoms with Crippen LogP contribution in [-0.2, 0) is 5.41 Å². The lowest BCUT2D eigenvalue weighted by atomic mass is 9.81. The molecule has 0 spiro atoms. The first-order valence-corrected chi connectivity index (χ1v) is 18.1. The fourth-order valence-electron chi connectivity index (χ4n) is 7.46. The minimum atomic E-state index is -0.105. The molecule has 0 amide bonds. The van der Waals surface area contributed by atoms with Gasteiger partial charge in [0.2, 0.25) is 0 Å². The predicted molar refractivity (Wildman–Crippen MR) is 205 cm³/mol. The highest BCUT2D eigenvalue weighted by Gasteiger charge is 2.37. The first kappa shape index (κ1) is 28.5. The fourth-order valence-corrected chi connectivity index (χ4v) is 9.66. The maximum absolute atomic E-state index is 5.07. The number of fused-ring (bicyclic) bond motifs is 8. The van der Waals surface area contributed by atoms with Gasteiger partial charge in [0.1, 0.15) is 0 Å². The first-order valence-electron chi connectivity index (χ1n) is 16.4. The van der Waals surface area contributed by atoms with Gasteiger partial charge in [0.25, 0.3) is 0 Å². The van der Waals surface area contributed by atoms with Crippen LogP contribution in [0.2, 0.25) is 0 Å². The molecule has 0 atom stereocenters. The Labute approximate surface area is 291 Å². The second-order valence-electron chi connectivity index (χ2n) is 13.1. The van der Waals surface area contributed by atoms with E-state index in [0.29, 0.717) is 17.5 Å². The summed E-state index contributed by atoms with van der Waals surface area (Å²) in [5.74, 6) is 2.01. The molecule has 9 aromatic rings. The molecule has 232 valence electrons. The van der Waals surface area contributed by atoms with Crippen LogP contribution < -0.4 is 0 Å². The van der Waals surface area contributed by atoms with Crippen molar-refractivity contribution in [3.8, 4) is 56.4 Å². The van der Waals surface area contributed by atoms with E-state index in [9.17, 15) is 0 Å². The Hall–Kier alpha value is -5.56. The molecule has 1 aliphatic rings. The van der Waals surface area contributed by atoms with Gasteiger partial charge in [-0.3, -0.25) is 0 Å². The topological polar surface area (TPSA) is 51.6 Å². The van der Waals surface area contributed by atoms with Crippen LogP contribution in [-0.4, -0.2) is 19.9 Å². The summed E-state index contributed by atoms with van der Waals surface area (Å²) in [6.45, 7) is 4.70. The third kappa shape index (κ3) is 4.34. The van der Waals surface area contributed by atoms with E-state index in [1.54, 1.807) is 11.3 Å². The molecular formula is C43H28N4S2. The van der Waals surface area contributed by atoms with Crippen molar-refractivity contribution >= 4 is 53.1 Å². The van der Waals surface area contributed by atoms with E-state index in [2.05, 4.69) is 110 Å². The number of thiazole rings is 1. The molecular weight excluding hydrogens is 637 g/mol. The van der Waals surface area contributed by atoms with Crippen molar-refractivity contribution in [3.05, 3.63) is 144 Å². The average Bonchev–Trinajstić information content (AvgIpc) is 3.85. The number of hydrogen-bond donors (Lipinski definition) is 0. The standard InChI is InChI=1S/C43H28N4S2/c1-43(2)33-21-22-35-39(48-24-44-35)36(33)31-20-19-27(23-34(31)43)28-15-9-16-29-30-17-10-18-32(38(30)49-37(28)29)42-46-40(25-11-5-3-6-12-25)45-41(47-42)26-13-7-4-8-14-26/h3-24H,1-2H3. The second kappa shape index (κ2) is 10.7. The van der Waals surface area contributed by atoms with Gasteiger partial charge in [-0.25, -0.2) is 19.9 Å². The van der Waals surface area contributed by atoms with Crippen LogP contribution in [0.4, 0.5) is 0 Å². The monoisotopic (exact) mass is 664 g/mol. The summed E-state index contributed by atoms with van der Waals surface area (Å²) < 4.78 is 3.72. The van der Waals surface area contributed by atoms with Crippen LogP contribution in [0, 0.1) is 0 Å². The molecule has 1 aliphatic carbocycles. The molecule has 3 aromatic heterocycles. The van der Waals surface area contributed by atoms with Gasteiger partial charge in [0, 0.05) is 47.8 Å². The summed E-state index contributed by atoms with van der Waals surface area (Å²) in [5.41, 5.74) is 13.8. The lowest BCUT2D eigenvalue weighted by molar-refractivity contribution is 0.661. The van der Waals surface area contributed by atoms with Gasteiger partial charge in [-0.2, -0.15) is 0 Å². The van der Waals surface area contributed by atoms with E-state index in [4.69, 9.17) is 15.0 Å². The molecule has 49 heavy (non-hydrogen) atoms. The highest BCUT2D eigenvalue weighted by atomic mass is 32.1. The van der Waals surface area contributed by atoms with Crippen LogP contribution in [0.5, 0.6) is 0 Å². The Kier molecular flexibility index (Phi) is 6.23. The van der Waals surface area contributed by atoms with Gasteiger partial charge in [-0.1, -0.05) is 123 Å². The van der Waals surface area contributed by atoms with Crippen molar-refractivity contribution in [2.75, 3.05) is 0 Å². The molecule has 0 N–H and O–H groups in total. The zero-order valence-corrected chi connectivity index (χ0v) is 28.4. The SMILES string of the molecule is CC1(C)c2cc(-c3cccc4c3sc3c(-c5nc(-c6ccccc6)nc(-c6ccccc6)n5)cccc34)ccc2-c2c1ccc1ncsc21. The summed E-state index contributed by atoms with van der Waals surface area (Å²) >= 11 is 3.56. The minimum absolute atomic E-state index is 0.105. The Morgan fingerprint density at radius 2 is 1.12 bits per heavy atom. The summed E-state index contributed by atoms with van der Waals surface area (Å²) in [5, 5.41) is 2.46. The van der Waals surface area contributed by atoms with Crippen LogP contribution in [0.15, 0.2) is 133 Å². The summed E-state index contributed by atoms with van der Waals surface area (Å²) in [6.07, 6.45) is 0. The van der Waals surface area contributed by atoms with Crippen molar-refractivity contribution < 1.29 is 0 Å². The molecule has 0 bridgehead atoms. The quantitative estimate of drug-likeness (QED) is 0.188. The molecule has 0 saturated heterocycles. The lowest BCUT2D eigenvalue weighted by Crippen LogP contribution is -2.14. The van der Waals surface area contributed by atoms with Crippen LogP contribution >= 0.6 is 22.7 Å². The number of thiophene rings is 1. The van der Waals surface area contributed by atoms with Gasteiger partial charge < -0.3 is 0 Å². The lowest BCUT2D eigenvalue weighted by Gasteiger charge is -2.22. The smallest absolute Gasteiger partial charge is 0.165 e. The molecule has 6 aromatic carbocycles. The van der Waals surface area contributed by atoms with Crippen molar-refractivity contribution in [2.45, 2.75) is 19.3 Å². The Balaban J connectivity index is 1.16. The van der Waals surface area contributed by atoms with E-state index in [-0.39, 0.29) is 5.41 Å². The largest absolute Gasteiger partial charge is 0.245 e. The van der Waals surface area contributed by atoms with Crippen molar-refractivity contribution in [1.82, 2.24) is 19.9 Å². The number of benzene rings is 6. The second-order valence-corrected chi connectivity index (χ2v) is 15.0. The van der Waals surface area contributed by atoms with Gasteiger partial charge in [-0.05, 0) is 46.0 Å². The fraction of sp³-hybridized carbons (Fsp3) is 0.0698. The highest BCUT2D eigenvalue weighted by molar-refractivity contribution is 7.26. The number of hydrogen-bond acceptors (Lipinski definition) is 6. The molecule has 0 aliphatic heterocycles. The average molecular weight is 665 g/mol. The van der Waals surface area contributed by atoms with Gasteiger partial charge in [0.15, 0.2) is 17.5 Å². The van der Waals surface area contributed by atoms with Crippen molar-refractivity contribution in [2.24, 2.45) is 0 Å². The molecule has 6 heteroatoms. The third-order valence-corrected chi connectivity index (χ3v) is 12.1. The van der Waals surface area contributed by atoms with Crippen molar-refractivity contribution in [1.29, 1.82) is 0 Å². The van der Waals surface area contributed by atoms with E-state index in [0.717, 1.165) is 22.2 Å².